The second-order valence-corrected chi connectivity index (χ2v) is 8.80. The summed E-state index contributed by atoms with van der Waals surface area (Å²) in [6, 6.07) is 0. The highest BCUT2D eigenvalue weighted by Crippen LogP contribution is 2.54. The third-order valence-electron chi connectivity index (χ3n) is 4.24. The molecule has 0 spiro atoms. The minimum Gasteiger partial charge on any atom is -0.383 e. The van der Waals surface area contributed by atoms with Crippen LogP contribution in [-0.4, -0.2) is 28.6 Å². The molecule has 0 aliphatic heterocycles. The fraction of sp³-hybridized carbons (Fsp3) is 0.812. The number of methoxy groups -OCH3 is 1. The van der Waals surface area contributed by atoms with E-state index in [4.69, 9.17) is 4.74 Å². The van der Waals surface area contributed by atoms with E-state index < -0.39 is 5.60 Å². The molecule has 0 atom stereocenters. The van der Waals surface area contributed by atoms with Gasteiger partial charge in [0.2, 0.25) is 0 Å². The molecule has 5 heteroatoms. The highest BCUT2D eigenvalue weighted by molar-refractivity contribution is 9.10. The summed E-state index contributed by atoms with van der Waals surface area (Å²) in [4.78, 5) is 0. The molecule has 120 valence electrons. The van der Waals surface area contributed by atoms with Crippen molar-refractivity contribution in [1.82, 2.24) is 9.78 Å². The third kappa shape index (κ3) is 3.69. The van der Waals surface area contributed by atoms with E-state index in [2.05, 4.69) is 48.7 Å². The first-order valence-electron chi connectivity index (χ1n) is 7.52. The maximum Gasteiger partial charge on any atom is 0.108 e. The Kier molecular flexibility index (Phi) is 4.58. The number of rotatable bonds is 4. The van der Waals surface area contributed by atoms with Crippen molar-refractivity contribution >= 4 is 15.9 Å². The second-order valence-electron chi connectivity index (χ2n) is 7.95. The molecule has 21 heavy (non-hydrogen) atoms. The molecule has 1 N–H and O–H groups in total. The molecule has 4 nitrogen and oxygen atoms in total. The summed E-state index contributed by atoms with van der Waals surface area (Å²) in [5, 5.41) is 15.8. The Morgan fingerprint density at radius 2 is 1.81 bits per heavy atom. The molecule has 1 fully saturated rings. The van der Waals surface area contributed by atoms with Crippen molar-refractivity contribution in [2.45, 2.75) is 59.1 Å². The largest absolute Gasteiger partial charge is 0.383 e. The Bertz CT molecular complexity index is 492. The summed E-state index contributed by atoms with van der Waals surface area (Å²) in [7, 11) is 1.68. The molecule has 1 aromatic heterocycles. The Labute approximate surface area is 136 Å². The summed E-state index contributed by atoms with van der Waals surface area (Å²) in [5.74, 6) is 0. The summed E-state index contributed by atoms with van der Waals surface area (Å²) in [5.41, 5.74) is 0.243. The van der Waals surface area contributed by atoms with Gasteiger partial charge in [-0.05, 0) is 46.0 Å². The van der Waals surface area contributed by atoms with Crippen molar-refractivity contribution in [1.29, 1.82) is 0 Å². The van der Waals surface area contributed by atoms with Gasteiger partial charge in [-0.15, -0.1) is 0 Å². The van der Waals surface area contributed by atoms with Crippen molar-refractivity contribution in [3.63, 3.8) is 0 Å². The van der Waals surface area contributed by atoms with Crippen LogP contribution in [0.2, 0.25) is 0 Å². The molecule has 0 amide bonds. The van der Waals surface area contributed by atoms with Crippen LogP contribution in [0.25, 0.3) is 0 Å². The van der Waals surface area contributed by atoms with Gasteiger partial charge in [0, 0.05) is 7.11 Å². The molecular formula is C16H27BrN2O2. The number of nitrogens with zero attached hydrogens (tertiary/aromatic N) is 2. The number of aliphatic hydroxyl groups is 1. The lowest BCUT2D eigenvalue weighted by Crippen LogP contribution is -2.45. The summed E-state index contributed by atoms with van der Waals surface area (Å²) >= 11 is 3.57. The first-order valence-corrected chi connectivity index (χ1v) is 8.31. The van der Waals surface area contributed by atoms with Crippen LogP contribution in [0.5, 0.6) is 0 Å². The third-order valence-corrected chi connectivity index (χ3v) is 4.82. The molecular weight excluding hydrogens is 332 g/mol. The molecule has 0 saturated heterocycles. The molecule has 1 aromatic rings. The summed E-state index contributed by atoms with van der Waals surface area (Å²) in [6.45, 7) is 10.2. The highest BCUT2D eigenvalue weighted by Gasteiger charge is 2.49. The van der Waals surface area contributed by atoms with Crippen LogP contribution in [0.3, 0.4) is 0 Å². The van der Waals surface area contributed by atoms with Crippen LogP contribution >= 0.6 is 15.9 Å². The molecule has 1 aliphatic rings. The van der Waals surface area contributed by atoms with Gasteiger partial charge >= 0.3 is 0 Å². The predicted molar refractivity (Wildman–Crippen MR) is 87.1 cm³/mol. The van der Waals surface area contributed by atoms with Gasteiger partial charge in [0.05, 0.1) is 29.5 Å². The standard InChI is InChI=1S/C16H27BrN2O2/c1-14(2)9-15(3,4)11-16(20,10-14)13-12(17)8-18-19(13)6-7-21-5/h8,20H,6-7,9-11H2,1-5H3. The number of halogens is 1. The average Bonchev–Trinajstić information content (AvgIpc) is 2.63. The van der Waals surface area contributed by atoms with E-state index in [0.29, 0.717) is 13.2 Å². The average molecular weight is 359 g/mol. The van der Waals surface area contributed by atoms with Crippen LogP contribution in [0.1, 0.15) is 52.7 Å². The SMILES string of the molecule is COCCn1ncc(Br)c1C1(O)CC(C)(C)CC(C)(C)C1. The number of hydrogen-bond donors (Lipinski definition) is 1. The van der Waals surface area contributed by atoms with Gasteiger partial charge in [0.15, 0.2) is 0 Å². The van der Waals surface area contributed by atoms with E-state index in [-0.39, 0.29) is 10.8 Å². The second kappa shape index (κ2) is 5.67. The topological polar surface area (TPSA) is 47.3 Å². The Hall–Kier alpha value is -0.390. The van der Waals surface area contributed by atoms with Crippen molar-refractivity contribution in [2.24, 2.45) is 10.8 Å². The summed E-state index contributed by atoms with van der Waals surface area (Å²) < 4.78 is 7.92. The van der Waals surface area contributed by atoms with Gasteiger partial charge in [-0.2, -0.15) is 5.10 Å². The lowest BCUT2D eigenvalue weighted by Gasteiger charge is -2.49. The van der Waals surface area contributed by atoms with E-state index in [9.17, 15) is 5.11 Å². The van der Waals surface area contributed by atoms with Gasteiger partial charge in [-0.1, -0.05) is 27.7 Å². The first-order chi connectivity index (χ1) is 9.59. The minimum absolute atomic E-state index is 0.103. The maximum absolute atomic E-state index is 11.4. The minimum atomic E-state index is -0.853. The maximum atomic E-state index is 11.4. The molecule has 2 rings (SSSR count). The quantitative estimate of drug-likeness (QED) is 0.891. The Morgan fingerprint density at radius 3 is 2.33 bits per heavy atom. The normalized spacial score (nSPS) is 23.2. The van der Waals surface area contributed by atoms with Crippen LogP contribution in [0, 0.1) is 10.8 Å². The lowest BCUT2D eigenvalue weighted by atomic mass is 9.59. The molecule has 0 radical (unpaired) electrons. The van der Waals surface area contributed by atoms with Crippen molar-refractivity contribution in [3.8, 4) is 0 Å². The first kappa shape index (κ1) is 17.0. The zero-order chi connectivity index (χ0) is 15.9. The predicted octanol–water partition coefficient (Wildman–Crippen LogP) is 3.72. The van der Waals surface area contributed by atoms with E-state index in [1.807, 2.05) is 4.68 Å². The number of ether oxygens (including phenoxy) is 1. The van der Waals surface area contributed by atoms with Gasteiger partial charge in [-0.3, -0.25) is 4.68 Å². The fourth-order valence-electron chi connectivity index (χ4n) is 4.41. The zero-order valence-electron chi connectivity index (χ0n) is 13.7. The van der Waals surface area contributed by atoms with E-state index in [1.165, 1.54) is 0 Å². The van der Waals surface area contributed by atoms with Crippen molar-refractivity contribution < 1.29 is 9.84 Å². The van der Waals surface area contributed by atoms with Crippen molar-refractivity contribution in [2.75, 3.05) is 13.7 Å². The monoisotopic (exact) mass is 358 g/mol. The molecule has 1 aliphatic carbocycles. The van der Waals surface area contributed by atoms with Crippen molar-refractivity contribution in [3.05, 3.63) is 16.4 Å². The van der Waals surface area contributed by atoms with Crippen LogP contribution in [0.4, 0.5) is 0 Å². The molecule has 1 saturated carbocycles. The number of hydrogen-bond acceptors (Lipinski definition) is 3. The van der Waals surface area contributed by atoms with Crippen LogP contribution < -0.4 is 0 Å². The summed E-state index contributed by atoms with van der Waals surface area (Å²) in [6.07, 6.45) is 4.39. The Morgan fingerprint density at radius 1 is 1.24 bits per heavy atom. The zero-order valence-corrected chi connectivity index (χ0v) is 15.3. The number of aromatic nitrogens is 2. The van der Waals surface area contributed by atoms with Gasteiger partial charge < -0.3 is 9.84 Å². The van der Waals surface area contributed by atoms with Gasteiger partial charge in [-0.25, -0.2) is 0 Å². The van der Waals surface area contributed by atoms with Gasteiger partial charge in [0.1, 0.15) is 5.60 Å². The molecule has 0 bridgehead atoms. The van der Waals surface area contributed by atoms with E-state index in [1.54, 1.807) is 13.3 Å². The highest BCUT2D eigenvalue weighted by atomic mass is 79.9. The Balaban J connectivity index is 2.41. The van der Waals surface area contributed by atoms with Gasteiger partial charge in [0.25, 0.3) is 0 Å². The van der Waals surface area contributed by atoms with Crippen LogP contribution in [0.15, 0.2) is 10.7 Å². The van der Waals surface area contributed by atoms with E-state index in [0.717, 1.165) is 29.4 Å². The fourth-order valence-corrected chi connectivity index (χ4v) is 5.07. The molecule has 0 unspecified atom stereocenters. The smallest absolute Gasteiger partial charge is 0.108 e. The van der Waals surface area contributed by atoms with Crippen LogP contribution in [-0.2, 0) is 16.9 Å². The molecule has 1 heterocycles. The van der Waals surface area contributed by atoms with E-state index >= 15 is 0 Å². The molecule has 0 aromatic carbocycles. The lowest BCUT2D eigenvalue weighted by molar-refractivity contribution is -0.0971.